The Morgan fingerprint density at radius 3 is 2.17 bits per heavy atom. The van der Waals surface area contributed by atoms with E-state index >= 15 is 0 Å². The van der Waals surface area contributed by atoms with Gasteiger partial charge in [0.25, 0.3) is 5.91 Å². The molecule has 5 nitrogen and oxygen atoms in total. The third-order valence-corrected chi connectivity index (χ3v) is 4.67. The van der Waals surface area contributed by atoms with Gasteiger partial charge in [0.1, 0.15) is 11.5 Å². The van der Waals surface area contributed by atoms with Gasteiger partial charge < -0.3 is 14.8 Å². The Balaban J connectivity index is 1.56. The van der Waals surface area contributed by atoms with Gasteiger partial charge in [-0.2, -0.15) is 0 Å². The molecule has 0 aliphatic rings. The normalized spacial score (nSPS) is 10.4. The first-order valence-electron chi connectivity index (χ1n) is 9.71. The number of rotatable bonds is 6. The molecule has 0 aliphatic heterocycles. The third kappa shape index (κ3) is 5.47. The SMILES string of the molecule is Cc1ccc(OCC(=O)Oc2ccc(C(=O)Nc3cc(C)ccc3C)cc2)c(C)c1. The van der Waals surface area contributed by atoms with Crippen LogP contribution in [0, 0.1) is 27.7 Å². The number of carbonyl (C=O) groups excluding carboxylic acids is 2. The number of benzene rings is 3. The topological polar surface area (TPSA) is 64.6 Å². The molecule has 154 valence electrons. The van der Waals surface area contributed by atoms with E-state index in [0.29, 0.717) is 17.1 Å². The lowest BCUT2D eigenvalue weighted by Crippen LogP contribution is -2.18. The number of hydrogen-bond donors (Lipinski definition) is 1. The summed E-state index contributed by atoms with van der Waals surface area (Å²) in [6.45, 7) is 7.64. The summed E-state index contributed by atoms with van der Waals surface area (Å²) in [4.78, 5) is 24.6. The fourth-order valence-electron chi connectivity index (χ4n) is 3.00. The first-order chi connectivity index (χ1) is 14.3. The van der Waals surface area contributed by atoms with E-state index in [1.54, 1.807) is 24.3 Å². The Bertz CT molecular complexity index is 1070. The molecule has 0 heterocycles. The first-order valence-corrected chi connectivity index (χ1v) is 9.71. The van der Waals surface area contributed by atoms with Gasteiger partial charge in [0.15, 0.2) is 6.61 Å². The molecule has 0 fully saturated rings. The van der Waals surface area contributed by atoms with Gasteiger partial charge in [-0.15, -0.1) is 0 Å². The lowest BCUT2D eigenvalue weighted by atomic mass is 10.1. The van der Waals surface area contributed by atoms with Gasteiger partial charge in [0.2, 0.25) is 0 Å². The van der Waals surface area contributed by atoms with E-state index in [2.05, 4.69) is 5.32 Å². The molecule has 3 rings (SSSR count). The zero-order valence-electron chi connectivity index (χ0n) is 17.6. The van der Waals surface area contributed by atoms with E-state index in [1.165, 1.54) is 0 Å². The van der Waals surface area contributed by atoms with Gasteiger partial charge in [-0.05, 0) is 80.8 Å². The minimum Gasteiger partial charge on any atom is -0.482 e. The van der Waals surface area contributed by atoms with Crippen LogP contribution in [-0.2, 0) is 4.79 Å². The highest BCUT2D eigenvalue weighted by atomic mass is 16.6. The zero-order valence-corrected chi connectivity index (χ0v) is 17.6. The number of ether oxygens (including phenoxy) is 2. The van der Waals surface area contributed by atoms with Crippen LogP contribution in [0.1, 0.15) is 32.6 Å². The van der Waals surface area contributed by atoms with Crippen molar-refractivity contribution in [3.8, 4) is 11.5 Å². The Hall–Kier alpha value is -3.60. The van der Waals surface area contributed by atoms with Gasteiger partial charge >= 0.3 is 5.97 Å². The lowest BCUT2D eigenvalue weighted by molar-refractivity contribution is -0.136. The second-order valence-corrected chi connectivity index (χ2v) is 7.33. The summed E-state index contributed by atoms with van der Waals surface area (Å²) < 4.78 is 10.8. The van der Waals surface area contributed by atoms with Gasteiger partial charge in [0, 0.05) is 11.3 Å². The largest absolute Gasteiger partial charge is 0.482 e. The van der Waals surface area contributed by atoms with Crippen molar-refractivity contribution < 1.29 is 19.1 Å². The quantitative estimate of drug-likeness (QED) is 0.456. The predicted octanol–water partition coefficient (Wildman–Crippen LogP) is 5.16. The van der Waals surface area contributed by atoms with Crippen molar-refractivity contribution in [2.24, 2.45) is 0 Å². The highest BCUT2D eigenvalue weighted by Crippen LogP contribution is 2.20. The maximum atomic E-state index is 12.5. The zero-order chi connectivity index (χ0) is 21.7. The van der Waals surface area contributed by atoms with Crippen LogP contribution in [0.2, 0.25) is 0 Å². The van der Waals surface area contributed by atoms with E-state index in [1.807, 2.05) is 64.1 Å². The van der Waals surface area contributed by atoms with Crippen molar-refractivity contribution in [3.05, 3.63) is 88.5 Å². The van der Waals surface area contributed by atoms with Crippen molar-refractivity contribution in [2.45, 2.75) is 27.7 Å². The first kappa shape index (κ1) is 21.1. The van der Waals surface area contributed by atoms with Gasteiger partial charge in [-0.25, -0.2) is 4.79 Å². The number of aryl methyl sites for hydroxylation is 4. The van der Waals surface area contributed by atoms with Crippen molar-refractivity contribution in [1.82, 2.24) is 0 Å². The Morgan fingerprint density at radius 1 is 0.800 bits per heavy atom. The number of amides is 1. The summed E-state index contributed by atoms with van der Waals surface area (Å²) in [6.07, 6.45) is 0. The molecule has 3 aromatic carbocycles. The maximum absolute atomic E-state index is 12.5. The number of nitrogens with one attached hydrogen (secondary N) is 1. The molecule has 0 radical (unpaired) electrons. The summed E-state index contributed by atoms with van der Waals surface area (Å²) in [5, 5.41) is 2.91. The second-order valence-electron chi connectivity index (χ2n) is 7.33. The molecule has 3 aromatic rings. The van der Waals surface area contributed by atoms with Crippen LogP contribution < -0.4 is 14.8 Å². The average Bonchev–Trinajstić information content (AvgIpc) is 2.70. The van der Waals surface area contributed by atoms with Gasteiger partial charge in [-0.1, -0.05) is 29.8 Å². The van der Waals surface area contributed by atoms with Crippen LogP contribution >= 0.6 is 0 Å². The number of hydrogen-bond acceptors (Lipinski definition) is 4. The molecule has 0 unspecified atom stereocenters. The van der Waals surface area contributed by atoms with E-state index in [-0.39, 0.29) is 12.5 Å². The summed E-state index contributed by atoms with van der Waals surface area (Å²) in [6, 6.07) is 18.1. The van der Waals surface area contributed by atoms with Crippen molar-refractivity contribution in [3.63, 3.8) is 0 Å². The summed E-state index contributed by atoms with van der Waals surface area (Å²) in [5.41, 5.74) is 5.40. The Labute approximate surface area is 176 Å². The molecule has 0 bridgehead atoms. The molecule has 1 N–H and O–H groups in total. The van der Waals surface area contributed by atoms with E-state index in [9.17, 15) is 9.59 Å². The van der Waals surface area contributed by atoms with Crippen LogP contribution in [0.4, 0.5) is 5.69 Å². The monoisotopic (exact) mass is 403 g/mol. The molecule has 30 heavy (non-hydrogen) atoms. The fraction of sp³-hybridized carbons (Fsp3) is 0.200. The highest BCUT2D eigenvalue weighted by molar-refractivity contribution is 6.04. The summed E-state index contributed by atoms with van der Waals surface area (Å²) >= 11 is 0. The summed E-state index contributed by atoms with van der Waals surface area (Å²) in [5.74, 6) is 0.269. The minimum absolute atomic E-state index is 0.196. The number of carbonyl (C=O) groups is 2. The fourth-order valence-corrected chi connectivity index (χ4v) is 3.00. The van der Waals surface area contributed by atoms with Crippen LogP contribution in [0.15, 0.2) is 60.7 Å². The number of esters is 1. The molecule has 0 spiro atoms. The van der Waals surface area contributed by atoms with Crippen molar-refractivity contribution >= 4 is 17.6 Å². The standard InChI is InChI=1S/C25H25NO4/c1-16-6-12-23(19(4)13-16)29-15-24(27)30-21-10-8-20(9-11-21)25(28)26-22-14-17(2)5-7-18(22)3/h5-14H,15H2,1-4H3,(H,26,28). The van der Waals surface area contributed by atoms with Crippen molar-refractivity contribution in [1.29, 1.82) is 0 Å². The molecular weight excluding hydrogens is 378 g/mol. The molecule has 0 aliphatic carbocycles. The molecule has 0 saturated carbocycles. The summed E-state index contributed by atoms with van der Waals surface area (Å²) in [7, 11) is 0. The highest BCUT2D eigenvalue weighted by Gasteiger charge is 2.11. The Morgan fingerprint density at radius 2 is 1.47 bits per heavy atom. The molecule has 0 aromatic heterocycles. The van der Waals surface area contributed by atoms with Gasteiger partial charge in [0.05, 0.1) is 0 Å². The second kappa shape index (κ2) is 9.27. The molecule has 0 saturated heterocycles. The smallest absolute Gasteiger partial charge is 0.349 e. The van der Waals surface area contributed by atoms with Crippen molar-refractivity contribution in [2.75, 3.05) is 11.9 Å². The van der Waals surface area contributed by atoms with E-state index in [0.717, 1.165) is 27.9 Å². The Kier molecular flexibility index (Phi) is 6.52. The minimum atomic E-state index is -0.512. The molecule has 0 atom stereocenters. The third-order valence-electron chi connectivity index (χ3n) is 4.67. The molecular formula is C25H25NO4. The van der Waals surface area contributed by atoms with E-state index in [4.69, 9.17) is 9.47 Å². The lowest BCUT2D eigenvalue weighted by Gasteiger charge is -2.11. The number of anilines is 1. The molecule has 1 amide bonds. The van der Waals surface area contributed by atoms with Crippen LogP contribution in [0.25, 0.3) is 0 Å². The van der Waals surface area contributed by atoms with Crippen LogP contribution in [0.3, 0.4) is 0 Å². The van der Waals surface area contributed by atoms with Gasteiger partial charge in [-0.3, -0.25) is 4.79 Å². The van der Waals surface area contributed by atoms with E-state index < -0.39 is 5.97 Å². The van der Waals surface area contributed by atoms with Crippen LogP contribution in [-0.4, -0.2) is 18.5 Å². The maximum Gasteiger partial charge on any atom is 0.349 e. The van der Waals surface area contributed by atoms with Crippen LogP contribution in [0.5, 0.6) is 11.5 Å². The average molecular weight is 403 g/mol. The predicted molar refractivity (Wildman–Crippen MR) is 117 cm³/mol. The molecule has 5 heteroatoms.